The third-order valence-corrected chi connectivity index (χ3v) is 6.73. The first kappa shape index (κ1) is 25.5. The maximum absolute atomic E-state index is 13.9. The Kier molecular flexibility index (Phi) is 7.18. The summed E-state index contributed by atoms with van der Waals surface area (Å²) in [6.07, 6.45) is 1.92. The molecular weight excluding hydrogens is 485 g/mol. The zero-order valence-corrected chi connectivity index (χ0v) is 21.8. The van der Waals surface area contributed by atoms with Crippen molar-refractivity contribution >= 4 is 16.9 Å². The van der Waals surface area contributed by atoms with Gasteiger partial charge in [0.05, 0.1) is 30.2 Å². The molecule has 6 nitrogen and oxygen atoms in total. The van der Waals surface area contributed by atoms with Gasteiger partial charge in [0.1, 0.15) is 11.4 Å². The minimum absolute atomic E-state index is 0.0275. The molecule has 3 aromatic carbocycles. The maximum Gasteiger partial charge on any atom is 0.291 e. The van der Waals surface area contributed by atoms with Crippen LogP contribution in [0.4, 0.5) is 4.39 Å². The summed E-state index contributed by atoms with van der Waals surface area (Å²) in [4.78, 5) is 29.2. The first-order valence-corrected chi connectivity index (χ1v) is 12.9. The van der Waals surface area contributed by atoms with Gasteiger partial charge in [-0.15, -0.1) is 0 Å². The van der Waals surface area contributed by atoms with Gasteiger partial charge in [-0.3, -0.25) is 9.59 Å². The van der Waals surface area contributed by atoms with Crippen LogP contribution in [0.15, 0.2) is 69.9 Å². The average Bonchev–Trinajstić information content (AvgIpc) is 3.18. The molecule has 0 radical (unpaired) electrons. The van der Waals surface area contributed by atoms with E-state index in [9.17, 15) is 14.0 Å². The average molecular weight is 516 g/mol. The molecule has 0 fully saturated rings. The third-order valence-electron chi connectivity index (χ3n) is 6.73. The second-order valence-corrected chi connectivity index (χ2v) is 9.48. The number of hydrogen-bond donors (Lipinski definition) is 0. The smallest absolute Gasteiger partial charge is 0.291 e. The lowest BCUT2D eigenvalue weighted by Gasteiger charge is -2.26. The molecule has 38 heavy (non-hydrogen) atoms. The van der Waals surface area contributed by atoms with Crippen molar-refractivity contribution in [3.8, 4) is 11.5 Å². The molecule has 0 bridgehead atoms. The number of fused-ring (bicyclic) bond motifs is 2. The molecule has 0 saturated heterocycles. The van der Waals surface area contributed by atoms with Gasteiger partial charge < -0.3 is 18.8 Å². The largest absolute Gasteiger partial charge is 0.490 e. The molecule has 0 N–H and O–H groups in total. The van der Waals surface area contributed by atoms with Crippen molar-refractivity contribution in [1.29, 1.82) is 0 Å². The number of benzene rings is 3. The van der Waals surface area contributed by atoms with E-state index < -0.39 is 11.9 Å². The molecule has 7 heteroatoms. The molecule has 1 unspecified atom stereocenters. The monoisotopic (exact) mass is 515 g/mol. The molecule has 0 saturated carbocycles. The number of amides is 1. The van der Waals surface area contributed by atoms with Gasteiger partial charge in [0.2, 0.25) is 5.76 Å². The van der Waals surface area contributed by atoms with Crippen molar-refractivity contribution in [3.05, 3.63) is 105 Å². The Hall–Kier alpha value is -4.13. The Morgan fingerprint density at radius 3 is 2.47 bits per heavy atom. The van der Waals surface area contributed by atoms with Crippen molar-refractivity contribution in [3.63, 3.8) is 0 Å². The maximum atomic E-state index is 13.9. The number of rotatable bonds is 9. The number of unbranched alkanes of at least 4 members (excludes halogenated alkanes) is 1. The molecule has 0 aliphatic carbocycles. The van der Waals surface area contributed by atoms with E-state index in [1.807, 2.05) is 38.1 Å². The summed E-state index contributed by atoms with van der Waals surface area (Å²) in [5, 5.41) is 0.426. The van der Waals surface area contributed by atoms with Crippen LogP contribution in [0, 0.1) is 12.7 Å². The van der Waals surface area contributed by atoms with E-state index in [1.165, 1.54) is 12.1 Å². The lowest BCUT2D eigenvalue weighted by atomic mass is 9.97. The molecule has 5 rings (SSSR count). The van der Waals surface area contributed by atoms with E-state index in [1.54, 1.807) is 29.2 Å². The van der Waals surface area contributed by atoms with Crippen LogP contribution >= 0.6 is 0 Å². The number of nitrogens with zero attached hydrogens (tertiary/aromatic N) is 1. The summed E-state index contributed by atoms with van der Waals surface area (Å²) in [7, 11) is 0. The predicted octanol–water partition coefficient (Wildman–Crippen LogP) is 6.56. The quantitative estimate of drug-likeness (QED) is 0.236. The van der Waals surface area contributed by atoms with Gasteiger partial charge >= 0.3 is 0 Å². The first-order chi connectivity index (χ1) is 18.4. The third kappa shape index (κ3) is 4.76. The predicted molar refractivity (Wildman–Crippen MR) is 143 cm³/mol. The summed E-state index contributed by atoms with van der Waals surface area (Å²) in [5.41, 5.74) is 2.76. The first-order valence-electron chi connectivity index (χ1n) is 12.9. The van der Waals surface area contributed by atoms with Gasteiger partial charge in [0.25, 0.3) is 5.91 Å². The Labute approximate surface area is 220 Å². The van der Waals surface area contributed by atoms with E-state index >= 15 is 0 Å². The van der Waals surface area contributed by atoms with E-state index in [-0.39, 0.29) is 29.1 Å². The van der Waals surface area contributed by atoms with Crippen LogP contribution in [0.25, 0.3) is 11.0 Å². The second-order valence-electron chi connectivity index (χ2n) is 9.48. The van der Waals surface area contributed by atoms with E-state index in [4.69, 9.17) is 13.9 Å². The molecule has 4 aromatic rings. The molecular formula is C31H30FNO5. The lowest BCUT2D eigenvalue weighted by Crippen LogP contribution is -2.29. The molecule has 1 amide bonds. The molecule has 1 aromatic heterocycles. The summed E-state index contributed by atoms with van der Waals surface area (Å²) in [6.45, 7) is 7.05. The van der Waals surface area contributed by atoms with E-state index in [0.29, 0.717) is 41.2 Å². The summed E-state index contributed by atoms with van der Waals surface area (Å²) in [6, 6.07) is 16.1. The highest BCUT2D eigenvalue weighted by Crippen LogP contribution is 2.42. The fourth-order valence-electron chi connectivity index (χ4n) is 4.84. The Morgan fingerprint density at radius 1 is 0.947 bits per heavy atom. The summed E-state index contributed by atoms with van der Waals surface area (Å²) in [5.74, 6) is 0.430. The van der Waals surface area contributed by atoms with Crippen LogP contribution in [0.5, 0.6) is 11.5 Å². The van der Waals surface area contributed by atoms with Crippen molar-refractivity contribution in [2.45, 2.75) is 46.2 Å². The Balaban J connectivity index is 1.66. The molecule has 196 valence electrons. The van der Waals surface area contributed by atoms with Crippen molar-refractivity contribution in [1.82, 2.24) is 4.90 Å². The van der Waals surface area contributed by atoms with Crippen molar-refractivity contribution in [2.75, 3.05) is 13.2 Å². The Morgan fingerprint density at radius 2 is 1.74 bits per heavy atom. The summed E-state index contributed by atoms with van der Waals surface area (Å²) < 4.78 is 31.5. The van der Waals surface area contributed by atoms with Crippen LogP contribution in [0.1, 0.15) is 65.5 Å². The van der Waals surface area contributed by atoms with Gasteiger partial charge in [-0.05, 0) is 67.8 Å². The second kappa shape index (κ2) is 10.7. The zero-order valence-electron chi connectivity index (χ0n) is 21.8. The molecule has 1 aliphatic heterocycles. The van der Waals surface area contributed by atoms with Crippen LogP contribution in [0.2, 0.25) is 0 Å². The number of ether oxygens (including phenoxy) is 2. The highest BCUT2D eigenvalue weighted by Gasteiger charge is 2.43. The lowest BCUT2D eigenvalue weighted by molar-refractivity contribution is 0.0714. The number of carbonyl (C=O) groups is 1. The highest BCUT2D eigenvalue weighted by atomic mass is 19.1. The molecule has 2 heterocycles. The number of halogens is 1. The fourth-order valence-corrected chi connectivity index (χ4v) is 4.84. The van der Waals surface area contributed by atoms with Gasteiger partial charge in [-0.25, -0.2) is 4.39 Å². The van der Waals surface area contributed by atoms with E-state index in [2.05, 4.69) is 6.92 Å². The van der Waals surface area contributed by atoms with Gasteiger partial charge in [-0.1, -0.05) is 43.2 Å². The van der Waals surface area contributed by atoms with Crippen molar-refractivity contribution < 1.29 is 23.1 Å². The highest BCUT2D eigenvalue weighted by molar-refractivity contribution is 5.99. The van der Waals surface area contributed by atoms with Gasteiger partial charge in [0.15, 0.2) is 16.9 Å². The van der Waals surface area contributed by atoms with E-state index in [0.717, 1.165) is 24.0 Å². The molecule has 1 aliphatic rings. The topological polar surface area (TPSA) is 69.0 Å². The van der Waals surface area contributed by atoms with Gasteiger partial charge in [0, 0.05) is 6.54 Å². The fraction of sp³-hybridized carbons (Fsp3) is 0.290. The number of carbonyl (C=O) groups excluding carboxylic acids is 1. The van der Waals surface area contributed by atoms with Crippen LogP contribution in [0.3, 0.4) is 0 Å². The SMILES string of the molecule is CCCCOc1ccc(C2c3c(oc4ccc(C)cc4c3=O)C(=O)N2Cc2ccc(F)cc2)cc1OCC. The number of aryl methyl sites for hydroxylation is 1. The van der Waals surface area contributed by atoms with Crippen LogP contribution in [-0.2, 0) is 6.54 Å². The normalized spacial score (nSPS) is 14.7. The molecule has 1 atom stereocenters. The van der Waals surface area contributed by atoms with Crippen LogP contribution in [-0.4, -0.2) is 24.0 Å². The van der Waals surface area contributed by atoms with Crippen molar-refractivity contribution in [2.24, 2.45) is 0 Å². The zero-order chi connectivity index (χ0) is 26.8. The van der Waals surface area contributed by atoms with Crippen LogP contribution < -0.4 is 14.9 Å². The molecule has 0 spiro atoms. The minimum atomic E-state index is -0.715. The Bertz CT molecular complexity index is 1540. The summed E-state index contributed by atoms with van der Waals surface area (Å²) >= 11 is 0. The minimum Gasteiger partial charge on any atom is -0.490 e. The number of hydrogen-bond acceptors (Lipinski definition) is 5. The standard InChI is InChI=1S/C31H30FNO5/c1-4-6-15-37-25-14-10-21(17-26(25)36-5-2)28-27-29(34)23-16-19(3)7-13-24(23)38-30(27)31(35)33(28)18-20-8-11-22(32)12-9-20/h7-14,16-17,28H,4-6,15,18H2,1-3H3. The van der Waals surface area contributed by atoms with Gasteiger partial charge in [-0.2, -0.15) is 0 Å².